The van der Waals surface area contributed by atoms with Crippen LogP contribution in [0, 0.1) is 0 Å². The molecular formula is C7H14N2O5. The predicted molar refractivity (Wildman–Crippen MR) is 46.9 cm³/mol. The minimum atomic E-state index is -0.984. The standard InChI is InChI=1S/C7H10N2O3.2H2O/c10-5-7(4-8-5)2-1-3-9(7)6(11)12;;/h1-4H2,(H,8,10)(H,11,12);2*1H2. The van der Waals surface area contributed by atoms with Crippen LogP contribution in [-0.4, -0.2) is 51.6 Å². The van der Waals surface area contributed by atoms with E-state index in [4.69, 9.17) is 5.11 Å². The van der Waals surface area contributed by atoms with Gasteiger partial charge in [0.25, 0.3) is 0 Å². The van der Waals surface area contributed by atoms with Crippen molar-refractivity contribution in [3.05, 3.63) is 0 Å². The zero-order valence-electron chi connectivity index (χ0n) is 7.54. The molecule has 0 radical (unpaired) electrons. The Hall–Kier alpha value is -1.34. The molecule has 2 rings (SSSR count). The van der Waals surface area contributed by atoms with Gasteiger partial charge in [-0.15, -0.1) is 0 Å². The van der Waals surface area contributed by atoms with E-state index in [1.165, 1.54) is 4.90 Å². The minimum absolute atomic E-state index is 0. The van der Waals surface area contributed by atoms with Crippen LogP contribution in [-0.2, 0) is 4.79 Å². The first-order valence-corrected chi connectivity index (χ1v) is 3.96. The van der Waals surface area contributed by atoms with E-state index >= 15 is 0 Å². The van der Waals surface area contributed by atoms with E-state index in [9.17, 15) is 9.59 Å². The van der Waals surface area contributed by atoms with Crippen LogP contribution in [0.2, 0.25) is 0 Å². The van der Waals surface area contributed by atoms with Gasteiger partial charge in [0.2, 0.25) is 5.91 Å². The van der Waals surface area contributed by atoms with Crippen molar-refractivity contribution in [2.75, 3.05) is 13.1 Å². The molecule has 1 unspecified atom stereocenters. The van der Waals surface area contributed by atoms with E-state index in [1.54, 1.807) is 0 Å². The molecule has 82 valence electrons. The Labute approximate surface area is 80.3 Å². The van der Waals surface area contributed by atoms with Crippen molar-refractivity contribution in [1.82, 2.24) is 10.2 Å². The van der Waals surface area contributed by atoms with Gasteiger partial charge >= 0.3 is 6.09 Å². The van der Waals surface area contributed by atoms with Gasteiger partial charge in [-0.3, -0.25) is 9.69 Å². The summed E-state index contributed by atoms with van der Waals surface area (Å²) >= 11 is 0. The summed E-state index contributed by atoms with van der Waals surface area (Å²) in [5.74, 6) is -0.137. The number of carboxylic acid groups (broad SMARTS) is 1. The van der Waals surface area contributed by atoms with E-state index in [1.807, 2.05) is 0 Å². The van der Waals surface area contributed by atoms with Crippen LogP contribution in [0.25, 0.3) is 0 Å². The fraction of sp³-hybridized carbons (Fsp3) is 0.714. The number of carbonyl (C=O) groups is 2. The quantitative estimate of drug-likeness (QED) is 0.443. The second-order valence-corrected chi connectivity index (χ2v) is 3.25. The summed E-state index contributed by atoms with van der Waals surface area (Å²) in [5, 5.41) is 11.4. The van der Waals surface area contributed by atoms with E-state index in [0.29, 0.717) is 19.5 Å². The molecule has 7 nitrogen and oxygen atoms in total. The zero-order chi connectivity index (χ0) is 8.77. The van der Waals surface area contributed by atoms with Gasteiger partial charge in [-0.2, -0.15) is 0 Å². The number of rotatable bonds is 0. The molecule has 0 aliphatic carbocycles. The number of nitrogens with one attached hydrogen (secondary N) is 1. The molecular weight excluding hydrogens is 192 g/mol. The molecule has 0 aromatic carbocycles. The lowest BCUT2D eigenvalue weighted by Gasteiger charge is -2.42. The van der Waals surface area contributed by atoms with Crippen molar-refractivity contribution in [3.63, 3.8) is 0 Å². The van der Waals surface area contributed by atoms with Crippen molar-refractivity contribution >= 4 is 12.0 Å². The molecule has 1 atom stereocenters. The highest BCUT2D eigenvalue weighted by molar-refractivity contribution is 5.95. The van der Waals surface area contributed by atoms with Crippen molar-refractivity contribution < 1.29 is 25.6 Å². The number of carbonyl (C=O) groups excluding carboxylic acids is 1. The molecule has 0 bridgehead atoms. The van der Waals surface area contributed by atoms with Gasteiger partial charge in [-0.1, -0.05) is 0 Å². The molecule has 2 saturated heterocycles. The average Bonchev–Trinajstić information content (AvgIpc) is 2.47. The highest BCUT2D eigenvalue weighted by Gasteiger charge is 2.55. The first-order valence-electron chi connectivity index (χ1n) is 3.96. The lowest BCUT2D eigenvalue weighted by Crippen LogP contribution is -2.71. The monoisotopic (exact) mass is 206 g/mol. The Kier molecular flexibility index (Phi) is 3.44. The molecule has 0 saturated carbocycles. The third kappa shape index (κ3) is 1.30. The molecule has 7 heteroatoms. The fourth-order valence-electron chi connectivity index (χ4n) is 1.94. The van der Waals surface area contributed by atoms with Crippen LogP contribution in [0.1, 0.15) is 12.8 Å². The summed E-state index contributed by atoms with van der Waals surface area (Å²) in [6.07, 6.45) is 0.479. The third-order valence-corrected chi connectivity index (χ3v) is 2.68. The Bertz CT molecular complexity index is 256. The van der Waals surface area contributed by atoms with Crippen molar-refractivity contribution in [2.24, 2.45) is 0 Å². The Morgan fingerprint density at radius 1 is 1.50 bits per heavy atom. The maximum Gasteiger partial charge on any atom is 0.408 e. The van der Waals surface area contributed by atoms with E-state index in [-0.39, 0.29) is 16.9 Å². The van der Waals surface area contributed by atoms with Crippen molar-refractivity contribution in [2.45, 2.75) is 18.4 Å². The summed E-state index contributed by atoms with van der Waals surface area (Å²) in [6, 6.07) is 0. The summed E-state index contributed by atoms with van der Waals surface area (Å²) in [6.45, 7) is 0.973. The lowest BCUT2D eigenvalue weighted by molar-refractivity contribution is -0.139. The molecule has 14 heavy (non-hydrogen) atoms. The highest BCUT2D eigenvalue weighted by Crippen LogP contribution is 2.33. The number of hydrogen-bond donors (Lipinski definition) is 2. The molecule has 0 aromatic heterocycles. The smallest absolute Gasteiger partial charge is 0.408 e. The molecule has 2 aliphatic heterocycles. The van der Waals surface area contributed by atoms with Crippen LogP contribution in [0.4, 0.5) is 4.79 Å². The topological polar surface area (TPSA) is 133 Å². The highest BCUT2D eigenvalue weighted by atomic mass is 16.4. The third-order valence-electron chi connectivity index (χ3n) is 2.68. The van der Waals surface area contributed by atoms with Gasteiger partial charge in [0.15, 0.2) is 0 Å². The maximum absolute atomic E-state index is 11.2. The van der Waals surface area contributed by atoms with Crippen LogP contribution < -0.4 is 5.32 Å². The lowest BCUT2D eigenvalue weighted by atomic mass is 9.88. The SMILES string of the molecule is O.O.O=C(O)N1CCCC12CNC2=O. The number of hydrogen-bond acceptors (Lipinski definition) is 2. The van der Waals surface area contributed by atoms with Crippen LogP contribution in [0.15, 0.2) is 0 Å². The van der Waals surface area contributed by atoms with E-state index < -0.39 is 11.6 Å². The molecule has 6 N–H and O–H groups in total. The van der Waals surface area contributed by atoms with Crippen molar-refractivity contribution in [3.8, 4) is 0 Å². The molecule has 2 heterocycles. The summed E-state index contributed by atoms with van der Waals surface area (Å²) < 4.78 is 0. The number of β-lactam (4-membered cyclic amide) rings is 1. The fourth-order valence-corrected chi connectivity index (χ4v) is 1.94. The van der Waals surface area contributed by atoms with E-state index in [0.717, 1.165) is 6.42 Å². The average molecular weight is 206 g/mol. The minimum Gasteiger partial charge on any atom is -0.465 e. The molecule has 2 amide bonds. The Balaban J connectivity index is 0.000000845. The van der Waals surface area contributed by atoms with E-state index in [2.05, 4.69) is 5.32 Å². The Morgan fingerprint density at radius 2 is 2.14 bits per heavy atom. The van der Waals surface area contributed by atoms with Crippen LogP contribution in [0.5, 0.6) is 0 Å². The largest absolute Gasteiger partial charge is 0.465 e. The van der Waals surface area contributed by atoms with Gasteiger partial charge in [-0.25, -0.2) is 4.79 Å². The predicted octanol–water partition coefficient (Wildman–Crippen LogP) is -2.02. The van der Waals surface area contributed by atoms with Gasteiger partial charge in [0, 0.05) is 6.54 Å². The first-order chi connectivity index (χ1) is 5.67. The number of nitrogens with zero attached hydrogens (tertiary/aromatic N) is 1. The second kappa shape index (κ2) is 3.81. The first kappa shape index (κ1) is 12.7. The number of likely N-dealkylation sites (tertiary alicyclic amines) is 1. The van der Waals surface area contributed by atoms with Gasteiger partial charge in [0.05, 0.1) is 6.54 Å². The van der Waals surface area contributed by atoms with Gasteiger partial charge in [0.1, 0.15) is 5.54 Å². The Morgan fingerprint density at radius 3 is 2.43 bits per heavy atom. The maximum atomic E-state index is 11.2. The normalized spacial score (nSPS) is 28.6. The second-order valence-electron chi connectivity index (χ2n) is 3.25. The summed E-state index contributed by atoms with van der Waals surface area (Å²) in [7, 11) is 0. The molecule has 1 spiro atoms. The molecule has 2 aliphatic rings. The molecule has 2 fully saturated rings. The zero-order valence-corrected chi connectivity index (χ0v) is 7.54. The summed E-state index contributed by atoms with van der Waals surface area (Å²) in [4.78, 5) is 23.1. The molecule has 0 aromatic rings. The van der Waals surface area contributed by atoms with Crippen LogP contribution in [0.3, 0.4) is 0 Å². The number of amides is 2. The van der Waals surface area contributed by atoms with Gasteiger partial charge in [-0.05, 0) is 12.8 Å². The van der Waals surface area contributed by atoms with Gasteiger partial charge < -0.3 is 21.4 Å². The van der Waals surface area contributed by atoms with Crippen molar-refractivity contribution in [1.29, 1.82) is 0 Å². The van der Waals surface area contributed by atoms with Crippen LogP contribution >= 0.6 is 0 Å². The summed E-state index contributed by atoms with van der Waals surface area (Å²) in [5.41, 5.74) is -0.703.